The highest BCUT2D eigenvalue weighted by Gasteiger charge is 2.19. The fraction of sp³-hybridized carbons (Fsp3) is 0.939. The summed E-state index contributed by atoms with van der Waals surface area (Å²) >= 11 is 0. The van der Waals surface area contributed by atoms with E-state index in [9.17, 15) is 9.59 Å². The maximum Gasteiger partial charge on any atom is 0.410 e. The van der Waals surface area contributed by atoms with Crippen molar-refractivity contribution in [3.05, 3.63) is 0 Å². The molecule has 0 aliphatic rings. The smallest absolute Gasteiger partial charge is 0.410 e. The average molecular weight is 700 g/mol. The van der Waals surface area contributed by atoms with Crippen LogP contribution < -0.4 is 0 Å². The number of hydrogen-bond acceptors (Lipinski definition) is 14. The van der Waals surface area contributed by atoms with Crippen LogP contribution in [0.3, 0.4) is 0 Å². The van der Waals surface area contributed by atoms with E-state index in [-0.39, 0.29) is 18.5 Å². The predicted molar refractivity (Wildman–Crippen MR) is 178 cm³/mol. The van der Waals surface area contributed by atoms with Gasteiger partial charge in [-0.25, -0.2) is 4.79 Å². The van der Waals surface area contributed by atoms with Crippen molar-refractivity contribution in [1.82, 2.24) is 4.90 Å². The Morgan fingerprint density at radius 3 is 0.917 bits per heavy atom. The molecule has 0 spiro atoms. The summed E-state index contributed by atoms with van der Waals surface area (Å²) in [7, 11) is 1.68. The molecule has 48 heavy (non-hydrogen) atoms. The van der Waals surface area contributed by atoms with E-state index in [4.69, 9.17) is 56.8 Å². The van der Waals surface area contributed by atoms with Gasteiger partial charge in [0.1, 0.15) is 11.2 Å². The highest BCUT2D eigenvalue weighted by atomic mass is 16.6. The summed E-state index contributed by atoms with van der Waals surface area (Å²) < 4.78 is 65.0. The molecular weight excluding hydrogens is 634 g/mol. The molecular formula is C33H65NO14. The Hall–Kier alpha value is -1.66. The van der Waals surface area contributed by atoms with Crippen LogP contribution in [0.25, 0.3) is 0 Å². The maximum absolute atomic E-state index is 11.9. The van der Waals surface area contributed by atoms with E-state index in [0.717, 1.165) is 0 Å². The summed E-state index contributed by atoms with van der Waals surface area (Å²) in [5.74, 6) is -0.268. The van der Waals surface area contributed by atoms with Crippen LogP contribution in [0.5, 0.6) is 0 Å². The first-order valence-electron chi connectivity index (χ1n) is 16.8. The van der Waals surface area contributed by atoms with Crippen molar-refractivity contribution in [2.45, 2.75) is 59.2 Å². The Labute approximate surface area is 288 Å². The van der Waals surface area contributed by atoms with E-state index in [2.05, 4.69) is 0 Å². The third-order valence-corrected chi connectivity index (χ3v) is 5.49. The van der Waals surface area contributed by atoms with Crippen molar-refractivity contribution in [2.24, 2.45) is 0 Å². The van der Waals surface area contributed by atoms with Crippen LogP contribution in [-0.2, 0) is 61.6 Å². The number of nitrogens with zero attached hydrogens (tertiary/aromatic N) is 1. The summed E-state index contributed by atoms with van der Waals surface area (Å²) in [5, 5.41) is 0. The number of rotatable bonds is 33. The SMILES string of the molecule is CN(CCOCCOCCOCCOCCOCCOCCOCCOCCOCCOCCC(=O)OC(C)(C)C)C(=O)OC(C)(C)C. The lowest BCUT2D eigenvalue weighted by Gasteiger charge is -2.24. The monoisotopic (exact) mass is 699 g/mol. The second-order valence-corrected chi connectivity index (χ2v) is 12.4. The minimum Gasteiger partial charge on any atom is -0.460 e. The lowest BCUT2D eigenvalue weighted by Crippen LogP contribution is -2.36. The Balaban J connectivity index is 3.19. The van der Waals surface area contributed by atoms with E-state index in [1.165, 1.54) is 4.90 Å². The quantitative estimate of drug-likeness (QED) is 0.0730. The standard InChI is InChI=1S/C33H65NO14/c1-32(2,3)47-30(35)8-10-37-12-14-39-16-18-41-20-22-43-24-26-45-28-29-46-27-25-44-23-21-42-19-17-40-15-13-38-11-9-34(7)31(36)48-33(4,5)6/h8-29H2,1-7H3. The first-order chi connectivity index (χ1) is 22.9. The average Bonchev–Trinajstić information content (AvgIpc) is 2.99. The number of hydrogen-bond donors (Lipinski definition) is 0. The molecule has 0 aromatic carbocycles. The van der Waals surface area contributed by atoms with Crippen LogP contribution in [0.2, 0.25) is 0 Å². The van der Waals surface area contributed by atoms with Crippen molar-refractivity contribution in [2.75, 3.05) is 146 Å². The number of esters is 1. The van der Waals surface area contributed by atoms with Gasteiger partial charge in [-0.3, -0.25) is 4.79 Å². The highest BCUT2D eigenvalue weighted by Crippen LogP contribution is 2.09. The van der Waals surface area contributed by atoms with Gasteiger partial charge in [0.05, 0.1) is 139 Å². The molecule has 0 heterocycles. The van der Waals surface area contributed by atoms with Crippen LogP contribution >= 0.6 is 0 Å². The largest absolute Gasteiger partial charge is 0.460 e. The molecule has 0 saturated carbocycles. The number of carbonyl (C=O) groups excluding carboxylic acids is 2. The summed E-state index contributed by atoms with van der Waals surface area (Å²) in [6.07, 6.45) is -0.139. The molecule has 0 rings (SSSR count). The molecule has 15 heteroatoms. The summed E-state index contributed by atoms with van der Waals surface area (Å²) in [4.78, 5) is 24.9. The third kappa shape index (κ3) is 37.2. The number of amides is 1. The van der Waals surface area contributed by atoms with Crippen LogP contribution in [0.1, 0.15) is 48.0 Å². The van der Waals surface area contributed by atoms with Gasteiger partial charge < -0.3 is 61.7 Å². The summed E-state index contributed by atoms with van der Waals surface area (Å²) in [6.45, 7) is 20.6. The number of carbonyl (C=O) groups is 2. The second-order valence-electron chi connectivity index (χ2n) is 12.4. The topological polar surface area (TPSA) is 148 Å². The van der Waals surface area contributed by atoms with Gasteiger partial charge in [-0.1, -0.05) is 0 Å². The molecule has 0 unspecified atom stereocenters. The van der Waals surface area contributed by atoms with Gasteiger partial charge in [0.2, 0.25) is 0 Å². The molecule has 0 fully saturated rings. The maximum atomic E-state index is 11.9. The lowest BCUT2D eigenvalue weighted by atomic mass is 10.2. The summed E-state index contributed by atoms with van der Waals surface area (Å²) in [5.41, 5.74) is -0.990. The minimum atomic E-state index is -0.513. The zero-order valence-corrected chi connectivity index (χ0v) is 30.7. The Morgan fingerprint density at radius 2 is 0.646 bits per heavy atom. The lowest BCUT2D eigenvalue weighted by molar-refractivity contribution is -0.156. The predicted octanol–water partition coefficient (Wildman–Crippen LogP) is 2.75. The Kier molecular flexibility index (Phi) is 30.2. The zero-order chi connectivity index (χ0) is 35.8. The normalized spacial score (nSPS) is 12.0. The fourth-order valence-corrected chi connectivity index (χ4v) is 3.26. The first kappa shape index (κ1) is 46.3. The van der Waals surface area contributed by atoms with Crippen molar-refractivity contribution in [3.63, 3.8) is 0 Å². The van der Waals surface area contributed by atoms with Gasteiger partial charge in [0.15, 0.2) is 0 Å². The number of ether oxygens (including phenoxy) is 12. The van der Waals surface area contributed by atoms with E-state index in [1.807, 2.05) is 41.5 Å². The highest BCUT2D eigenvalue weighted by molar-refractivity contribution is 5.69. The molecule has 0 aromatic rings. The molecule has 0 bridgehead atoms. The van der Waals surface area contributed by atoms with E-state index < -0.39 is 11.2 Å². The van der Waals surface area contributed by atoms with Crippen molar-refractivity contribution in [1.29, 1.82) is 0 Å². The van der Waals surface area contributed by atoms with E-state index in [1.54, 1.807) is 7.05 Å². The summed E-state index contributed by atoms with van der Waals surface area (Å²) in [6, 6.07) is 0. The second kappa shape index (κ2) is 31.3. The molecule has 0 atom stereocenters. The molecule has 0 aliphatic carbocycles. The molecule has 0 saturated heterocycles. The number of likely N-dealkylation sites (N-methyl/N-ethyl adjacent to an activating group) is 1. The molecule has 15 nitrogen and oxygen atoms in total. The van der Waals surface area contributed by atoms with Crippen LogP contribution in [0.4, 0.5) is 4.79 Å². The molecule has 1 amide bonds. The van der Waals surface area contributed by atoms with Gasteiger partial charge >= 0.3 is 12.1 Å². The van der Waals surface area contributed by atoms with Crippen LogP contribution in [-0.4, -0.2) is 174 Å². The molecule has 0 aromatic heterocycles. The van der Waals surface area contributed by atoms with Crippen LogP contribution in [0, 0.1) is 0 Å². The fourth-order valence-electron chi connectivity index (χ4n) is 3.26. The molecule has 0 N–H and O–H groups in total. The van der Waals surface area contributed by atoms with Crippen LogP contribution in [0.15, 0.2) is 0 Å². The van der Waals surface area contributed by atoms with Gasteiger partial charge in [0.25, 0.3) is 0 Å². The van der Waals surface area contributed by atoms with E-state index in [0.29, 0.717) is 139 Å². The minimum absolute atomic E-state index is 0.228. The molecule has 0 aliphatic heterocycles. The Bertz CT molecular complexity index is 745. The molecule has 0 radical (unpaired) electrons. The Morgan fingerprint density at radius 1 is 0.396 bits per heavy atom. The first-order valence-corrected chi connectivity index (χ1v) is 16.8. The van der Waals surface area contributed by atoms with E-state index >= 15 is 0 Å². The van der Waals surface area contributed by atoms with Gasteiger partial charge in [0, 0.05) is 13.6 Å². The van der Waals surface area contributed by atoms with Gasteiger partial charge in [-0.2, -0.15) is 0 Å². The zero-order valence-electron chi connectivity index (χ0n) is 30.7. The molecule has 286 valence electrons. The van der Waals surface area contributed by atoms with Crippen molar-refractivity contribution >= 4 is 12.1 Å². The van der Waals surface area contributed by atoms with Gasteiger partial charge in [-0.05, 0) is 41.5 Å². The van der Waals surface area contributed by atoms with Gasteiger partial charge in [-0.15, -0.1) is 0 Å². The third-order valence-electron chi connectivity index (χ3n) is 5.49. The van der Waals surface area contributed by atoms with Crippen molar-refractivity contribution < 1.29 is 66.4 Å². The van der Waals surface area contributed by atoms with Crippen molar-refractivity contribution in [3.8, 4) is 0 Å².